The molecule has 0 radical (unpaired) electrons. The van der Waals surface area contributed by atoms with Crippen molar-refractivity contribution in [3.05, 3.63) is 42.5 Å². The van der Waals surface area contributed by atoms with Crippen LogP contribution in [0.4, 0.5) is 5.69 Å². The molecule has 2 aromatic carbocycles. The summed E-state index contributed by atoms with van der Waals surface area (Å²) < 4.78 is 7.32. The van der Waals surface area contributed by atoms with Crippen molar-refractivity contribution in [2.75, 3.05) is 11.9 Å². The summed E-state index contributed by atoms with van der Waals surface area (Å²) in [6, 6.07) is 14.1. The number of anilines is 1. The van der Waals surface area contributed by atoms with E-state index < -0.39 is 11.4 Å². The van der Waals surface area contributed by atoms with Gasteiger partial charge in [-0.2, -0.15) is 0 Å². The number of carbonyl (C=O) groups is 2. The quantitative estimate of drug-likeness (QED) is 0.711. The fourth-order valence-electron chi connectivity index (χ4n) is 3.02. The van der Waals surface area contributed by atoms with Gasteiger partial charge in [-0.05, 0) is 52.0 Å². The van der Waals surface area contributed by atoms with E-state index >= 15 is 0 Å². The van der Waals surface area contributed by atoms with E-state index in [1.54, 1.807) is 20.8 Å². The van der Waals surface area contributed by atoms with E-state index in [9.17, 15) is 9.59 Å². The van der Waals surface area contributed by atoms with Crippen LogP contribution in [0.5, 0.6) is 0 Å². The van der Waals surface area contributed by atoms with Gasteiger partial charge in [-0.1, -0.05) is 18.2 Å². The molecule has 0 fully saturated rings. The largest absolute Gasteiger partial charge is 0.455 e. The van der Waals surface area contributed by atoms with Crippen LogP contribution in [0.15, 0.2) is 42.5 Å². The van der Waals surface area contributed by atoms with Crippen LogP contribution >= 0.6 is 0 Å². The van der Waals surface area contributed by atoms with Gasteiger partial charge in [0.15, 0.2) is 6.61 Å². The molecule has 5 nitrogen and oxygen atoms in total. The zero-order valence-corrected chi connectivity index (χ0v) is 15.6. The van der Waals surface area contributed by atoms with Gasteiger partial charge in [0.2, 0.25) is 0 Å². The monoisotopic (exact) mass is 352 g/mol. The molecule has 0 saturated heterocycles. The highest BCUT2D eigenvalue weighted by Crippen LogP contribution is 2.30. The van der Waals surface area contributed by atoms with Crippen molar-refractivity contribution in [3.8, 4) is 0 Å². The number of para-hydroxylation sites is 1. The topological polar surface area (TPSA) is 60.3 Å². The zero-order chi connectivity index (χ0) is 18.9. The Balaban J connectivity index is 1.82. The molecular formula is C21H24N2O3. The Morgan fingerprint density at radius 3 is 2.42 bits per heavy atom. The number of esters is 1. The number of benzene rings is 2. The lowest BCUT2D eigenvalue weighted by Crippen LogP contribution is -2.27. The molecule has 0 spiro atoms. The maximum Gasteiger partial charge on any atom is 0.311 e. The molecule has 5 heteroatoms. The molecule has 0 saturated carbocycles. The maximum absolute atomic E-state index is 12.1. The normalized spacial score (nSPS) is 11.7. The summed E-state index contributed by atoms with van der Waals surface area (Å²) in [5.74, 6) is -0.740. The van der Waals surface area contributed by atoms with Crippen molar-refractivity contribution in [1.29, 1.82) is 0 Å². The van der Waals surface area contributed by atoms with Gasteiger partial charge in [-0.3, -0.25) is 9.59 Å². The van der Waals surface area contributed by atoms with Gasteiger partial charge in [-0.15, -0.1) is 0 Å². The molecule has 1 N–H and O–H groups in total. The molecule has 0 aliphatic carbocycles. The third kappa shape index (κ3) is 3.43. The second kappa shape index (κ2) is 6.83. The SMILES string of the molecule is CCn1c2ccccc2c2cc(NC(=O)COC(=O)C(C)(C)C)ccc21. The second-order valence-electron chi connectivity index (χ2n) is 7.37. The van der Waals surface area contributed by atoms with Crippen LogP contribution < -0.4 is 5.32 Å². The Hall–Kier alpha value is -2.82. The Kier molecular flexibility index (Phi) is 4.72. The van der Waals surface area contributed by atoms with E-state index in [-0.39, 0.29) is 12.5 Å². The van der Waals surface area contributed by atoms with Crippen molar-refractivity contribution in [2.45, 2.75) is 34.2 Å². The highest BCUT2D eigenvalue weighted by atomic mass is 16.5. The second-order valence-corrected chi connectivity index (χ2v) is 7.37. The van der Waals surface area contributed by atoms with Gasteiger partial charge in [0, 0.05) is 34.0 Å². The maximum atomic E-state index is 12.1. The van der Waals surface area contributed by atoms with E-state index in [4.69, 9.17) is 4.74 Å². The number of rotatable bonds is 4. The summed E-state index contributed by atoms with van der Waals surface area (Å²) in [6.45, 7) is 7.97. The van der Waals surface area contributed by atoms with Gasteiger partial charge in [0.1, 0.15) is 0 Å². The first-order valence-corrected chi connectivity index (χ1v) is 8.79. The molecule has 3 aromatic rings. The molecular weight excluding hydrogens is 328 g/mol. The summed E-state index contributed by atoms with van der Waals surface area (Å²) >= 11 is 0. The Morgan fingerprint density at radius 1 is 1.04 bits per heavy atom. The third-order valence-electron chi connectivity index (χ3n) is 4.32. The number of aryl methyl sites for hydroxylation is 1. The zero-order valence-electron chi connectivity index (χ0n) is 15.6. The van der Waals surface area contributed by atoms with E-state index in [2.05, 4.69) is 28.9 Å². The molecule has 0 aliphatic rings. The summed E-state index contributed by atoms with van der Waals surface area (Å²) in [5.41, 5.74) is 2.37. The summed E-state index contributed by atoms with van der Waals surface area (Å²) in [4.78, 5) is 23.9. The smallest absolute Gasteiger partial charge is 0.311 e. The first-order chi connectivity index (χ1) is 12.3. The standard InChI is InChI=1S/C21H24N2O3/c1-5-23-17-9-7-6-8-15(17)16-12-14(10-11-18(16)23)22-19(24)13-26-20(25)21(2,3)4/h6-12H,5,13H2,1-4H3,(H,22,24). The number of ether oxygens (including phenoxy) is 1. The Bertz CT molecular complexity index is 980. The molecule has 26 heavy (non-hydrogen) atoms. The minimum atomic E-state index is -0.624. The summed E-state index contributed by atoms with van der Waals surface area (Å²) in [5, 5.41) is 5.05. The van der Waals surface area contributed by atoms with Crippen molar-refractivity contribution in [3.63, 3.8) is 0 Å². The lowest BCUT2D eigenvalue weighted by Gasteiger charge is -2.16. The average molecular weight is 352 g/mol. The van der Waals surface area contributed by atoms with Crippen molar-refractivity contribution >= 4 is 39.4 Å². The molecule has 3 rings (SSSR count). The molecule has 0 aliphatic heterocycles. The van der Waals surface area contributed by atoms with E-state index in [0.717, 1.165) is 22.8 Å². The van der Waals surface area contributed by atoms with Crippen LogP contribution in [0.3, 0.4) is 0 Å². The first kappa shape index (κ1) is 18.0. The molecule has 0 bridgehead atoms. The number of nitrogens with zero attached hydrogens (tertiary/aromatic N) is 1. The van der Waals surface area contributed by atoms with Crippen LogP contribution in [-0.2, 0) is 20.9 Å². The number of hydrogen-bond donors (Lipinski definition) is 1. The van der Waals surface area contributed by atoms with Gasteiger partial charge >= 0.3 is 5.97 Å². The fourth-order valence-corrected chi connectivity index (χ4v) is 3.02. The molecule has 0 atom stereocenters. The van der Waals surface area contributed by atoms with Crippen molar-refractivity contribution < 1.29 is 14.3 Å². The lowest BCUT2D eigenvalue weighted by atomic mass is 9.97. The molecule has 1 amide bonds. The highest BCUT2D eigenvalue weighted by Gasteiger charge is 2.23. The molecule has 1 aromatic heterocycles. The number of hydrogen-bond acceptors (Lipinski definition) is 3. The van der Waals surface area contributed by atoms with Crippen molar-refractivity contribution in [2.24, 2.45) is 5.41 Å². The van der Waals surface area contributed by atoms with Gasteiger partial charge < -0.3 is 14.6 Å². The lowest BCUT2D eigenvalue weighted by molar-refractivity contribution is -0.155. The van der Waals surface area contributed by atoms with Crippen LogP contribution in [0.1, 0.15) is 27.7 Å². The number of nitrogens with one attached hydrogen (secondary N) is 1. The van der Waals surface area contributed by atoms with Crippen LogP contribution in [0.2, 0.25) is 0 Å². The van der Waals surface area contributed by atoms with Gasteiger partial charge in [0.05, 0.1) is 5.41 Å². The van der Waals surface area contributed by atoms with Gasteiger partial charge in [-0.25, -0.2) is 0 Å². The average Bonchev–Trinajstić information content (AvgIpc) is 2.92. The predicted octanol–water partition coefficient (Wildman–Crippen LogP) is 4.34. The Labute approximate surface area is 152 Å². The first-order valence-electron chi connectivity index (χ1n) is 8.79. The highest BCUT2D eigenvalue weighted by molar-refractivity contribution is 6.09. The van der Waals surface area contributed by atoms with Crippen LogP contribution in [0, 0.1) is 5.41 Å². The van der Waals surface area contributed by atoms with E-state index in [0.29, 0.717) is 5.69 Å². The van der Waals surface area contributed by atoms with Crippen LogP contribution in [0.25, 0.3) is 21.8 Å². The van der Waals surface area contributed by atoms with Crippen molar-refractivity contribution in [1.82, 2.24) is 4.57 Å². The molecule has 136 valence electrons. The number of aromatic nitrogens is 1. The number of carbonyl (C=O) groups excluding carboxylic acids is 2. The fraction of sp³-hybridized carbons (Fsp3) is 0.333. The Morgan fingerprint density at radius 2 is 1.73 bits per heavy atom. The minimum Gasteiger partial charge on any atom is -0.455 e. The molecule has 0 unspecified atom stereocenters. The van der Waals surface area contributed by atoms with E-state index in [1.165, 1.54) is 5.52 Å². The predicted molar refractivity (Wildman–Crippen MR) is 104 cm³/mol. The summed E-state index contributed by atoms with van der Waals surface area (Å²) in [7, 11) is 0. The number of amides is 1. The van der Waals surface area contributed by atoms with Crippen LogP contribution in [-0.4, -0.2) is 23.1 Å². The minimum absolute atomic E-state index is 0.287. The van der Waals surface area contributed by atoms with Gasteiger partial charge in [0.25, 0.3) is 5.91 Å². The summed E-state index contributed by atoms with van der Waals surface area (Å²) in [6.07, 6.45) is 0. The number of fused-ring (bicyclic) bond motifs is 3. The third-order valence-corrected chi connectivity index (χ3v) is 4.32. The van der Waals surface area contributed by atoms with E-state index in [1.807, 2.05) is 30.3 Å². The molecule has 1 heterocycles.